The molecule has 110 valence electrons. The van der Waals surface area contributed by atoms with Crippen molar-refractivity contribution in [2.45, 2.75) is 19.4 Å². The van der Waals surface area contributed by atoms with Gasteiger partial charge >= 0.3 is 0 Å². The van der Waals surface area contributed by atoms with E-state index in [1.54, 1.807) is 6.07 Å². The van der Waals surface area contributed by atoms with Crippen LogP contribution in [-0.2, 0) is 14.6 Å². The van der Waals surface area contributed by atoms with Gasteiger partial charge in [-0.25, -0.2) is 8.42 Å². The van der Waals surface area contributed by atoms with Crippen LogP contribution in [0.3, 0.4) is 0 Å². The van der Waals surface area contributed by atoms with Crippen LogP contribution in [0, 0.1) is 0 Å². The maximum absolute atomic E-state index is 12.0. The molecule has 1 aliphatic heterocycles. The van der Waals surface area contributed by atoms with Gasteiger partial charge in [0.15, 0.2) is 0 Å². The van der Waals surface area contributed by atoms with Crippen molar-refractivity contribution in [2.75, 3.05) is 29.2 Å². The number of carbonyl (C=O) groups excluding carboxylic acids is 1. The monoisotopic (exact) mass is 298 g/mol. The van der Waals surface area contributed by atoms with Crippen LogP contribution in [0.15, 0.2) is 18.2 Å². The predicted molar refractivity (Wildman–Crippen MR) is 78.0 cm³/mol. The molecule has 0 aliphatic carbocycles. The Morgan fingerprint density at radius 1 is 1.35 bits per heavy atom. The summed E-state index contributed by atoms with van der Waals surface area (Å²) in [4.78, 5) is 12.0. The second-order valence-corrected chi connectivity index (χ2v) is 6.98. The molecule has 0 fully saturated rings. The van der Waals surface area contributed by atoms with E-state index >= 15 is 0 Å². The van der Waals surface area contributed by atoms with E-state index in [1.165, 1.54) is 0 Å². The molecule has 0 aromatic heterocycles. The van der Waals surface area contributed by atoms with E-state index in [1.807, 2.05) is 19.1 Å². The number of anilines is 2. The molecule has 0 radical (unpaired) electrons. The minimum atomic E-state index is -3.09. The first kappa shape index (κ1) is 14.6. The van der Waals surface area contributed by atoms with Crippen molar-refractivity contribution in [1.29, 1.82) is 0 Å². The summed E-state index contributed by atoms with van der Waals surface area (Å²) in [7, 11) is -3.09. The largest absolute Gasteiger partial charge is 0.492 e. The minimum Gasteiger partial charge on any atom is -0.492 e. The van der Waals surface area contributed by atoms with Gasteiger partial charge in [-0.2, -0.15) is 0 Å². The maximum Gasteiger partial charge on any atom is 0.247 e. The fraction of sp³-hybridized carbons (Fsp3) is 0.462. The summed E-state index contributed by atoms with van der Waals surface area (Å²) in [5.41, 5.74) is 1.35. The zero-order valence-electron chi connectivity index (χ0n) is 11.5. The highest BCUT2D eigenvalue weighted by Crippen LogP contribution is 2.36. The number of sulfone groups is 1. The number of hydrogen-bond donors (Lipinski definition) is 2. The number of para-hydroxylation sites is 1. The topological polar surface area (TPSA) is 84.5 Å². The Kier molecular flexibility index (Phi) is 4.17. The van der Waals surface area contributed by atoms with Gasteiger partial charge in [-0.05, 0) is 25.5 Å². The van der Waals surface area contributed by atoms with Gasteiger partial charge in [0.2, 0.25) is 5.91 Å². The zero-order valence-corrected chi connectivity index (χ0v) is 12.3. The van der Waals surface area contributed by atoms with Crippen molar-refractivity contribution in [3.05, 3.63) is 18.2 Å². The highest BCUT2D eigenvalue weighted by Gasteiger charge is 2.28. The summed E-state index contributed by atoms with van der Waals surface area (Å²) in [6, 6.07) is 4.88. The lowest BCUT2D eigenvalue weighted by atomic mass is 10.1. The van der Waals surface area contributed by atoms with Crippen molar-refractivity contribution >= 4 is 27.1 Å². The molecule has 2 rings (SSSR count). The molecular formula is C13H18N2O4S. The van der Waals surface area contributed by atoms with Gasteiger partial charge in [0.1, 0.15) is 27.3 Å². The number of amides is 1. The Bertz CT molecular complexity index is 613. The lowest BCUT2D eigenvalue weighted by Gasteiger charge is -2.28. The minimum absolute atomic E-state index is 0.0292. The SMILES string of the molecule is CCOc1cccc2c1NC(=O)C(CCS(C)(=O)=O)N2. The molecule has 1 heterocycles. The molecule has 2 N–H and O–H groups in total. The Hall–Kier alpha value is -1.76. The molecule has 0 saturated heterocycles. The second-order valence-electron chi connectivity index (χ2n) is 4.72. The molecule has 1 aliphatic rings. The molecule has 0 spiro atoms. The van der Waals surface area contributed by atoms with Gasteiger partial charge in [-0.1, -0.05) is 6.07 Å². The number of fused-ring (bicyclic) bond motifs is 1. The molecule has 0 bridgehead atoms. The molecule has 6 nitrogen and oxygen atoms in total. The van der Waals surface area contributed by atoms with Crippen LogP contribution in [0.1, 0.15) is 13.3 Å². The third kappa shape index (κ3) is 3.41. The Morgan fingerprint density at radius 3 is 2.75 bits per heavy atom. The van der Waals surface area contributed by atoms with Crippen molar-refractivity contribution in [3.63, 3.8) is 0 Å². The number of rotatable bonds is 5. The first-order valence-corrected chi connectivity index (χ1v) is 8.47. The van der Waals surface area contributed by atoms with Crippen LogP contribution >= 0.6 is 0 Å². The average molecular weight is 298 g/mol. The van der Waals surface area contributed by atoms with Crippen molar-refractivity contribution in [1.82, 2.24) is 0 Å². The Morgan fingerprint density at radius 2 is 2.10 bits per heavy atom. The normalized spacial score (nSPS) is 17.9. The molecule has 1 aromatic carbocycles. The molecule has 7 heteroatoms. The maximum atomic E-state index is 12.0. The third-order valence-electron chi connectivity index (χ3n) is 3.00. The molecule has 1 unspecified atom stereocenters. The molecule has 1 aromatic rings. The van der Waals surface area contributed by atoms with Crippen LogP contribution in [-0.4, -0.2) is 39.0 Å². The van der Waals surface area contributed by atoms with Crippen molar-refractivity contribution in [3.8, 4) is 5.75 Å². The molecule has 20 heavy (non-hydrogen) atoms. The van der Waals surface area contributed by atoms with Gasteiger partial charge in [-0.15, -0.1) is 0 Å². The van der Waals surface area contributed by atoms with Crippen LogP contribution in [0.5, 0.6) is 5.75 Å². The molecular weight excluding hydrogens is 280 g/mol. The molecule has 1 atom stereocenters. The van der Waals surface area contributed by atoms with Gasteiger partial charge in [0.25, 0.3) is 0 Å². The van der Waals surface area contributed by atoms with Crippen LogP contribution < -0.4 is 15.4 Å². The van der Waals surface area contributed by atoms with E-state index in [2.05, 4.69) is 10.6 Å². The van der Waals surface area contributed by atoms with E-state index in [-0.39, 0.29) is 18.1 Å². The Labute approximate surface area is 118 Å². The van der Waals surface area contributed by atoms with Crippen molar-refractivity contribution < 1.29 is 17.9 Å². The van der Waals surface area contributed by atoms with Crippen LogP contribution in [0.2, 0.25) is 0 Å². The lowest BCUT2D eigenvalue weighted by Crippen LogP contribution is -2.40. The van der Waals surface area contributed by atoms with E-state index < -0.39 is 15.9 Å². The summed E-state index contributed by atoms with van der Waals surface area (Å²) in [6.45, 7) is 2.37. The predicted octanol–water partition coefficient (Wildman–Crippen LogP) is 1.25. The number of nitrogens with one attached hydrogen (secondary N) is 2. The summed E-state index contributed by atoms with van der Waals surface area (Å²) in [5.74, 6) is 0.333. The quantitative estimate of drug-likeness (QED) is 0.854. The third-order valence-corrected chi connectivity index (χ3v) is 3.98. The first-order chi connectivity index (χ1) is 9.40. The molecule has 0 saturated carbocycles. The fourth-order valence-electron chi connectivity index (χ4n) is 2.05. The summed E-state index contributed by atoms with van der Waals surface area (Å²) >= 11 is 0. The van der Waals surface area contributed by atoms with E-state index in [0.29, 0.717) is 18.0 Å². The molecule has 1 amide bonds. The highest BCUT2D eigenvalue weighted by atomic mass is 32.2. The average Bonchev–Trinajstić information content (AvgIpc) is 2.36. The van der Waals surface area contributed by atoms with Gasteiger partial charge < -0.3 is 15.4 Å². The highest BCUT2D eigenvalue weighted by molar-refractivity contribution is 7.90. The smallest absolute Gasteiger partial charge is 0.247 e. The number of benzene rings is 1. The van der Waals surface area contributed by atoms with Gasteiger partial charge in [0.05, 0.1) is 18.0 Å². The van der Waals surface area contributed by atoms with Crippen LogP contribution in [0.4, 0.5) is 11.4 Å². The fourth-order valence-corrected chi connectivity index (χ4v) is 2.72. The van der Waals surface area contributed by atoms with E-state index in [4.69, 9.17) is 4.74 Å². The first-order valence-electron chi connectivity index (χ1n) is 6.41. The summed E-state index contributed by atoms with van der Waals surface area (Å²) in [6.07, 6.45) is 1.40. The second kappa shape index (κ2) is 5.70. The standard InChI is InChI=1S/C13H18N2O4S/c1-3-19-11-6-4-5-9-12(11)15-13(16)10(14-9)7-8-20(2,17)18/h4-6,10,14H,3,7-8H2,1-2H3,(H,15,16). The lowest BCUT2D eigenvalue weighted by molar-refractivity contribution is -0.117. The zero-order chi connectivity index (χ0) is 14.8. The van der Waals surface area contributed by atoms with Crippen molar-refractivity contribution in [2.24, 2.45) is 0 Å². The van der Waals surface area contributed by atoms with Gasteiger partial charge in [0, 0.05) is 6.26 Å². The summed E-state index contributed by atoms with van der Waals surface area (Å²) in [5, 5.41) is 5.84. The van der Waals surface area contributed by atoms with Crippen LogP contribution in [0.25, 0.3) is 0 Å². The van der Waals surface area contributed by atoms with Gasteiger partial charge in [-0.3, -0.25) is 4.79 Å². The number of carbonyl (C=O) groups is 1. The van der Waals surface area contributed by atoms with E-state index in [9.17, 15) is 13.2 Å². The summed E-state index contributed by atoms with van der Waals surface area (Å²) < 4.78 is 27.8. The Balaban J connectivity index is 2.17. The number of ether oxygens (including phenoxy) is 1. The number of hydrogen-bond acceptors (Lipinski definition) is 5. The van der Waals surface area contributed by atoms with E-state index in [0.717, 1.165) is 11.9 Å².